The highest BCUT2D eigenvalue weighted by Crippen LogP contribution is 2.36. The fourth-order valence-electron chi connectivity index (χ4n) is 2.64. The number of carbonyl (C=O) groups is 1. The van der Waals surface area contributed by atoms with Gasteiger partial charge in [-0.1, -0.05) is 11.3 Å². The van der Waals surface area contributed by atoms with E-state index in [0.29, 0.717) is 49.3 Å². The molecule has 2 fully saturated rings. The van der Waals surface area contributed by atoms with Crippen molar-refractivity contribution in [3.05, 3.63) is 11.1 Å². The molecule has 0 N–H and O–H groups in total. The largest absolute Gasteiger partial charge is 0.427 e. The summed E-state index contributed by atoms with van der Waals surface area (Å²) in [5.41, 5.74) is 0. The van der Waals surface area contributed by atoms with Crippen LogP contribution in [0.1, 0.15) is 17.7 Å². The van der Waals surface area contributed by atoms with E-state index in [1.54, 1.807) is 9.80 Å². The van der Waals surface area contributed by atoms with Gasteiger partial charge in [-0.25, -0.2) is 4.98 Å². The molecular formula is C13H16F3N3O2S. The van der Waals surface area contributed by atoms with Gasteiger partial charge in [-0.05, 0) is 12.8 Å². The van der Waals surface area contributed by atoms with E-state index in [1.807, 2.05) is 0 Å². The lowest BCUT2D eigenvalue weighted by Crippen LogP contribution is -2.51. The summed E-state index contributed by atoms with van der Waals surface area (Å²) in [6.07, 6.45) is -2.18. The molecule has 22 heavy (non-hydrogen) atoms. The van der Waals surface area contributed by atoms with E-state index in [2.05, 4.69) is 4.98 Å². The van der Waals surface area contributed by atoms with Crippen molar-refractivity contribution in [3.8, 4) is 0 Å². The molecule has 1 amide bonds. The number of hydrogen-bond donors (Lipinski definition) is 0. The smallest absolute Gasteiger partial charge is 0.368 e. The van der Waals surface area contributed by atoms with Crippen LogP contribution in [0.2, 0.25) is 0 Å². The Hall–Kier alpha value is -1.35. The predicted molar refractivity (Wildman–Crippen MR) is 74.9 cm³/mol. The zero-order chi connectivity index (χ0) is 15.7. The van der Waals surface area contributed by atoms with Gasteiger partial charge in [0, 0.05) is 32.8 Å². The van der Waals surface area contributed by atoms with Crippen molar-refractivity contribution in [1.82, 2.24) is 9.88 Å². The third kappa shape index (κ3) is 3.19. The third-order valence-corrected chi connectivity index (χ3v) is 4.94. The number of nitrogens with zero attached hydrogens (tertiary/aromatic N) is 3. The monoisotopic (exact) mass is 335 g/mol. The quantitative estimate of drug-likeness (QED) is 0.829. The van der Waals surface area contributed by atoms with Gasteiger partial charge in [-0.15, -0.1) is 0 Å². The second kappa shape index (κ2) is 6.04. The molecule has 1 aromatic heterocycles. The minimum atomic E-state index is -4.35. The number of aromatic nitrogens is 1. The molecule has 1 unspecified atom stereocenters. The van der Waals surface area contributed by atoms with Gasteiger partial charge < -0.3 is 14.5 Å². The Morgan fingerprint density at radius 2 is 2.05 bits per heavy atom. The summed E-state index contributed by atoms with van der Waals surface area (Å²) in [7, 11) is 0. The fraction of sp³-hybridized carbons (Fsp3) is 0.692. The van der Waals surface area contributed by atoms with E-state index in [9.17, 15) is 18.0 Å². The van der Waals surface area contributed by atoms with E-state index in [0.717, 1.165) is 19.0 Å². The Balaban J connectivity index is 1.57. The lowest BCUT2D eigenvalue weighted by Gasteiger charge is -2.35. The molecule has 9 heteroatoms. The first-order chi connectivity index (χ1) is 10.4. The number of ether oxygens (including phenoxy) is 1. The molecule has 122 valence electrons. The highest BCUT2D eigenvalue weighted by Gasteiger charge is 2.35. The molecule has 0 radical (unpaired) electrons. The standard InChI is InChI=1S/C13H16F3N3O2S/c14-13(15,16)10-8-17-12(22-10)19-5-3-18(4-6-19)11(20)9-2-1-7-21-9/h8-9H,1-7H2. The van der Waals surface area contributed by atoms with E-state index in [-0.39, 0.29) is 12.0 Å². The van der Waals surface area contributed by atoms with Crippen molar-refractivity contribution in [1.29, 1.82) is 0 Å². The van der Waals surface area contributed by atoms with E-state index in [1.165, 1.54) is 0 Å². The average molecular weight is 335 g/mol. The zero-order valence-corrected chi connectivity index (χ0v) is 12.6. The summed E-state index contributed by atoms with van der Waals surface area (Å²) in [5, 5.41) is 0.358. The Morgan fingerprint density at radius 1 is 1.32 bits per heavy atom. The number of carbonyl (C=O) groups excluding carboxylic acids is 1. The summed E-state index contributed by atoms with van der Waals surface area (Å²) in [6, 6.07) is 0. The van der Waals surface area contributed by atoms with Gasteiger partial charge in [-0.3, -0.25) is 4.79 Å². The first-order valence-electron chi connectivity index (χ1n) is 7.13. The van der Waals surface area contributed by atoms with Gasteiger partial charge in [0.1, 0.15) is 11.0 Å². The molecule has 2 saturated heterocycles. The average Bonchev–Trinajstić information content (AvgIpc) is 3.17. The molecule has 2 aliphatic rings. The van der Waals surface area contributed by atoms with Gasteiger partial charge in [0.25, 0.3) is 5.91 Å². The van der Waals surface area contributed by atoms with Crippen LogP contribution in [0.15, 0.2) is 6.20 Å². The lowest BCUT2D eigenvalue weighted by atomic mass is 10.2. The molecule has 0 aliphatic carbocycles. The molecule has 0 bridgehead atoms. The van der Waals surface area contributed by atoms with Crippen molar-refractivity contribution >= 4 is 22.4 Å². The first-order valence-corrected chi connectivity index (χ1v) is 7.95. The van der Waals surface area contributed by atoms with Gasteiger partial charge in [0.15, 0.2) is 5.13 Å². The maximum atomic E-state index is 12.6. The van der Waals surface area contributed by atoms with Gasteiger partial charge >= 0.3 is 6.18 Å². The SMILES string of the molecule is O=C(C1CCCO1)N1CCN(c2ncc(C(F)(F)F)s2)CC1. The number of alkyl halides is 3. The number of rotatable bonds is 2. The summed E-state index contributed by atoms with van der Waals surface area (Å²) in [5.74, 6) is -0.00716. The maximum Gasteiger partial charge on any atom is 0.427 e. The molecule has 0 aromatic carbocycles. The highest BCUT2D eigenvalue weighted by atomic mass is 32.1. The Kier molecular flexibility index (Phi) is 4.26. The maximum absolute atomic E-state index is 12.6. The van der Waals surface area contributed by atoms with Gasteiger partial charge in [0.2, 0.25) is 0 Å². The van der Waals surface area contributed by atoms with Crippen LogP contribution in [-0.2, 0) is 15.7 Å². The second-order valence-electron chi connectivity index (χ2n) is 5.32. The predicted octanol–water partition coefficient (Wildman–Crippen LogP) is 1.99. The van der Waals surface area contributed by atoms with Crippen molar-refractivity contribution in [2.45, 2.75) is 25.1 Å². The molecule has 3 rings (SSSR count). The Bertz CT molecular complexity index is 535. The number of halogens is 3. The van der Waals surface area contributed by atoms with Crippen LogP contribution in [0.3, 0.4) is 0 Å². The van der Waals surface area contributed by atoms with Crippen LogP contribution in [-0.4, -0.2) is 54.7 Å². The number of thiazole rings is 1. The molecule has 0 spiro atoms. The van der Waals surface area contributed by atoms with E-state index < -0.39 is 11.1 Å². The van der Waals surface area contributed by atoms with Crippen LogP contribution in [0.25, 0.3) is 0 Å². The molecule has 0 saturated carbocycles. The van der Waals surface area contributed by atoms with Crippen molar-refractivity contribution in [2.24, 2.45) is 0 Å². The minimum absolute atomic E-state index is 0.00716. The van der Waals surface area contributed by atoms with Crippen molar-refractivity contribution in [3.63, 3.8) is 0 Å². The summed E-state index contributed by atoms with van der Waals surface area (Å²) < 4.78 is 43.2. The first kappa shape index (κ1) is 15.5. The molecule has 1 atom stereocenters. The Morgan fingerprint density at radius 3 is 2.59 bits per heavy atom. The zero-order valence-electron chi connectivity index (χ0n) is 11.8. The molecule has 2 aliphatic heterocycles. The minimum Gasteiger partial charge on any atom is -0.368 e. The molecular weight excluding hydrogens is 319 g/mol. The molecule has 1 aromatic rings. The summed E-state index contributed by atoms with van der Waals surface area (Å²) in [4.78, 5) is 18.9. The molecule has 3 heterocycles. The summed E-state index contributed by atoms with van der Waals surface area (Å²) >= 11 is 0.643. The topological polar surface area (TPSA) is 45.7 Å². The van der Waals surface area contributed by atoms with Crippen molar-refractivity contribution in [2.75, 3.05) is 37.7 Å². The third-order valence-electron chi connectivity index (χ3n) is 3.84. The fourth-order valence-corrected chi connectivity index (χ4v) is 3.47. The van der Waals surface area contributed by atoms with E-state index >= 15 is 0 Å². The van der Waals surface area contributed by atoms with Gasteiger partial charge in [0.05, 0.1) is 6.20 Å². The lowest BCUT2D eigenvalue weighted by molar-refractivity contribution is -0.141. The van der Waals surface area contributed by atoms with Crippen molar-refractivity contribution < 1.29 is 22.7 Å². The van der Waals surface area contributed by atoms with Crippen LogP contribution >= 0.6 is 11.3 Å². The summed E-state index contributed by atoms with van der Waals surface area (Å²) in [6.45, 7) is 2.57. The Labute approximate surface area is 129 Å². The van der Waals surface area contributed by atoms with Crippen LogP contribution in [0.4, 0.5) is 18.3 Å². The van der Waals surface area contributed by atoms with Crippen LogP contribution in [0.5, 0.6) is 0 Å². The second-order valence-corrected chi connectivity index (χ2v) is 6.33. The van der Waals surface area contributed by atoms with Gasteiger partial charge in [-0.2, -0.15) is 13.2 Å². The number of hydrogen-bond acceptors (Lipinski definition) is 5. The number of amides is 1. The van der Waals surface area contributed by atoms with Crippen LogP contribution in [0, 0.1) is 0 Å². The van der Waals surface area contributed by atoms with E-state index in [4.69, 9.17) is 4.74 Å². The normalized spacial score (nSPS) is 23.1. The van der Waals surface area contributed by atoms with Crippen LogP contribution < -0.4 is 4.90 Å². The highest BCUT2D eigenvalue weighted by molar-refractivity contribution is 7.15. The number of anilines is 1. The number of piperazine rings is 1. The molecule has 5 nitrogen and oxygen atoms in total.